The number of hydrogen-bond acceptors (Lipinski definition) is 15. The van der Waals surface area contributed by atoms with E-state index in [2.05, 4.69) is 161 Å². The molecule has 19 heteroatoms. The molecule has 0 amide bonds. The Balaban J connectivity index is 5.41. The molecule has 0 aromatic rings. The number of phosphoric ester groups is 2. The number of ether oxygens (including phenoxy) is 4. The van der Waals surface area contributed by atoms with Crippen LogP contribution in [0.3, 0.4) is 0 Å². The number of aliphatic hydroxyl groups excluding tert-OH is 1. The second kappa shape index (κ2) is 74.5. The number of phosphoric acid groups is 2. The highest BCUT2D eigenvalue weighted by Crippen LogP contribution is 2.45. The van der Waals surface area contributed by atoms with Gasteiger partial charge in [-0.2, -0.15) is 0 Å². The summed E-state index contributed by atoms with van der Waals surface area (Å²) in [7, 11) is -9.98. The van der Waals surface area contributed by atoms with Crippen LogP contribution in [0, 0.1) is 0 Å². The lowest BCUT2D eigenvalue weighted by atomic mass is 10.1. The fourth-order valence-electron chi connectivity index (χ4n) is 10.1. The van der Waals surface area contributed by atoms with E-state index in [0.29, 0.717) is 25.7 Å². The summed E-state index contributed by atoms with van der Waals surface area (Å²) in [6.45, 7) is 4.53. The van der Waals surface area contributed by atoms with Gasteiger partial charge in [-0.05, 0) is 161 Å². The first-order chi connectivity index (χ1) is 49.7. The first kappa shape index (κ1) is 97.2. The van der Waals surface area contributed by atoms with Crippen molar-refractivity contribution in [3.05, 3.63) is 134 Å². The molecule has 0 aromatic carbocycles. The van der Waals surface area contributed by atoms with E-state index < -0.39 is 97.5 Å². The number of carbonyl (C=O) groups is 4. The van der Waals surface area contributed by atoms with Gasteiger partial charge in [-0.1, -0.05) is 258 Å². The quantitative estimate of drug-likeness (QED) is 0.0169. The zero-order chi connectivity index (χ0) is 74.6. The molecule has 0 aliphatic rings. The molecule has 584 valence electrons. The fourth-order valence-corrected chi connectivity index (χ4v) is 11.7. The second-order valence-corrected chi connectivity index (χ2v) is 28.8. The Hall–Kier alpha value is -4.80. The van der Waals surface area contributed by atoms with Crippen LogP contribution in [0.2, 0.25) is 0 Å². The van der Waals surface area contributed by atoms with E-state index in [1.54, 1.807) is 0 Å². The maximum Gasteiger partial charge on any atom is 0.472 e. The Morgan fingerprint density at radius 1 is 0.284 bits per heavy atom. The smallest absolute Gasteiger partial charge is 0.462 e. The molecule has 17 nitrogen and oxygen atoms in total. The number of unbranched alkanes of at least 4 members (excludes halogenated alkanes) is 25. The maximum atomic E-state index is 13.1. The average Bonchev–Trinajstić information content (AvgIpc) is 0.924. The van der Waals surface area contributed by atoms with E-state index in [0.717, 1.165) is 186 Å². The van der Waals surface area contributed by atoms with Crippen LogP contribution < -0.4 is 0 Å². The Kier molecular flexibility index (Phi) is 71.0. The fraction of sp³-hybridized carbons (Fsp3) is 0.687. The van der Waals surface area contributed by atoms with E-state index in [-0.39, 0.29) is 25.7 Å². The van der Waals surface area contributed by atoms with E-state index in [1.165, 1.54) is 44.9 Å². The monoisotopic (exact) mass is 1470 g/mol. The Bertz CT molecular complexity index is 2460. The molecule has 0 radical (unpaired) electrons. The molecule has 5 atom stereocenters. The molecule has 3 N–H and O–H groups in total. The van der Waals surface area contributed by atoms with Gasteiger partial charge in [-0.25, -0.2) is 9.13 Å². The molecule has 0 saturated heterocycles. The molecular weight excluding hydrogens is 1330 g/mol. The van der Waals surface area contributed by atoms with Crippen LogP contribution in [0.25, 0.3) is 0 Å². The normalized spacial score (nSPS) is 14.6. The van der Waals surface area contributed by atoms with E-state index >= 15 is 0 Å². The lowest BCUT2D eigenvalue weighted by molar-refractivity contribution is -0.161. The van der Waals surface area contributed by atoms with E-state index in [1.807, 2.05) is 0 Å². The third-order valence-corrected chi connectivity index (χ3v) is 18.0. The Morgan fingerprint density at radius 2 is 0.510 bits per heavy atom. The summed E-state index contributed by atoms with van der Waals surface area (Å²) in [5, 5.41) is 10.6. The SMILES string of the molecule is CC/C=C\C/C=C\C/C=C\C/C=C\C/C=C\CCCCCC(=O)OCC(COP(=O)(O)OCC(O)COP(=O)(O)OCC(COC(=O)CCCCCCC/C=C\C/C=C\C/C=C\CC)OC(=O)CCCCCCC/C=C\CCCCCC)OC(=O)CCCCCCC/C=C\C/C=C\CCCCC. The highest BCUT2D eigenvalue weighted by Gasteiger charge is 2.30. The second-order valence-electron chi connectivity index (χ2n) is 25.9. The highest BCUT2D eigenvalue weighted by atomic mass is 31.2. The van der Waals surface area contributed by atoms with Crippen molar-refractivity contribution in [2.45, 2.75) is 329 Å². The van der Waals surface area contributed by atoms with Crippen LogP contribution in [0.1, 0.15) is 310 Å². The largest absolute Gasteiger partial charge is 0.472 e. The van der Waals surface area contributed by atoms with Crippen molar-refractivity contribution in [1.29, 1.82) is 0 Å². The van der Waals surface area contributed by atoms with Crippen molar-refractivity contribution in [2.24, 2.45) is 0 Å². The Labute approximate surface area is 618 Å². The molecule has 0 bridgehead atoms. The molecule has 0 aromatic heterocycles. The van der Waals surface area contributed by atoms with Gasteiger partial charge in [0, 0.05) is 25.7 Å². The van der Waals surface area contributed by atoms with Crippen molar-refractivity contribution in [1.82, 2.24) is 0 Å². The molecule has 0 saturated carbocycles. The molecule has 0 aliphatic heterocycles. The minimum Gasteiger partial charge on any atom is -0.462 e. The number of allylic oxidation sites excluding steroid dienone is 22. The van der Waals surface area contributed by atoms with Gasteiger partial charge < -0.3 is 33.8 Å². The van der Waals surface area contributed by atoms with Gasteiger partial charge in [0.15, 0.2) is 12.2 Å². The third kappa shape index (κ3) is 73.5. The van der Waals surface area contributed by atoms with Crippen LogP contribution in [0.4, 0.5) is 0 Å². The lowest BCUT2D eigenvalue weighted by Crippen LogP contribution is -2.30. The van der Waals surface area contributed by atoms with Crippen molar-refractivity contribution in [2.75, 3.05) is 39.6 Å². The zero-order valence-electron chi connectivity index (χ0n) is 63.7. The summed E-state index contributed by atoms with van der Waals surface area (Å²) < 4.78 is 68.5. The van der Waals surface area contributed by atoms with E-state index in [4.69, 9.17) is 37.0 Å². The maximum absolute atomic E-state index is 13.1. The zero-order valence-corrected chi connectivity index (χ0v) is 65.5. The summed E-state index contributed by atoms with van der Waals surface area (Å²) in [5.41, 5.74) is 0. The summed E-state index contributed by atoms with van der Waals surface area (Å²) in [6.07, 6.45) is 82.9. The van der Waals surface area contributed by atoms with Gasteiger partial charge in [0.1, 0.15) is 19.3 Å². The predicted octanol–water partition coefficient (Wildman–Crippen LogP) is 22.9. The average molecular weight is 1470 g/mol. The van der Waals surface area contributed by atoms with Gasteiger partial charge in [-0.3, -0.25) is 37.3 Å². The van der Waals surface area contributed by atoms with Gasteiger partial charge in [0.05, 0.1) is 26.4 Å². The van der Waals surface area contributed by atoms with Crippen molar-refractivity contribution < 1.29 is 80.2 Å². The number of esters is 4. The van der Waals surface area contributed by atoms with Gasteiger partial charge in [-0.15, -0.1) is 0 Å². The first-order valence-electron chi connectivity index (χ1n) is 39.4. The number of carbonyl (C=O) groups excluding carboxylic acids is 4. The van der Waals surface area contributed by atoms with Gasteiger partial charge >= 0.3 is 39.5 Å². The summed E-state index contributed by atoms with van der Waals surface area (Å²) >= 11 is 0. The van der Waals surface area contributed by atoms with Crippen molar-refractivity contribution >= 4 is 39.5 Å². The third-order valence-electron chi connectivity index (χ3n) is 16.1. The first-order valence-corrected chi connectivity index (χ1v) is 42.4. The van der Waals surface area contributed by atoms with E-state index in [9.17, 15) is 43.2 Å². The standard InChI is InChI=1S/C83H140O17P2/c1-5-9-13-17-21-25-29-33-36-37-38-39-42-45-48-52-56-60-64-68-81(86)94-74-79(100-83(88)70-66-62-58-54-50-46-41-35-31-27-23-19-15-11-7-3)76-98-102(91,92)96-72-77(84)71-95-101(89,90)97-75-78(99-82(87)69-65-61-57-53-49-43-32-28-24-20-16-12-8-4)73-93-80(85)67-63-59-55-51-47-44-40-34-30-26-22-18-14-10-6-2/h9-10,13-14,21-23,25-28,32-36,38-41,45,48,77-79,84H,5-8,11-12,15-20,24,29-31,37,42-44,46-47,49-76H2,1-4H3,(H,89,90)(H,91,92)/b13-9-,14-10-,25-21-,26-22-,27-23-,32-28-,36-33-,39-38-,40-34-,41-35-,48-45-. The van der Waals surface area contributed by atoms with Crippen molar-refractivity contribution in [3.8, 4) is 0 Å². The van der Waals surface area contributed by atoms with Crippen LogP contribution >= 0.6 is 15.6 Å². The molecule has 5 unspecified atom stereocenters. The lowest BCUT2D eigenvalue weighted by Gasteiger charge is -2.21. The van der Waals surface area contributed by atoms with Crippen LogP contribution in [-0.2, 0) is 65.4 Å². The molecular formula is C83H140O17P2. The minimum atomic E-state index is -4.99. The van der Waals surface area contributed by atoms with Gasteiger partial charge in [0.25, 0.3) is 0 Å². The van der Waals surface area contributed by atoms with Gasteiger partial charge in [0.2, 0.25) is 0 Å². The molecule has 0 rings (SSSR count). The summed E-state index contributed by atoms with van der Waals surface area (Å²) in [5.74, 6) is -2.25. The molecule has 0 spiro atoms. The number of rotatable bonds is 73. The predicted molar refractivity (Wildman–Crippen MR) is 418 cm³/mol. The highest BCUT2D eigenvalue weighted by molar-refractivity contribution is 7.47. The number of aliphatic hydroxyl groups is 1. The van der Waals surface area contributed by atoms with Crippen LogP contribution in [0.15, 0.2) is 134 Å². The van der Waals surface area contributed by atoms with Crippen LogP contribution in [0.5, 0.6) is 0 Å². The molecule has 0 heterocycles. The van der Waals surface area contributed by atoms with Crippen molar-refractivity contribution in [3.63, 3.8) is 0 Å². The van der Waals surface area contributed by atoms with Crippen LogP contribution in [-0.4, -0.2) is 96.7 Å². The molecule has 102 heavy (non-hydrogen) atoms. The molecule has 0 aliphatic carbocycles. The topological polar surface area (TPSA) is 237 Å². The summed E-state index contributed by atoms with van der Waals surface area (Å²) in [4.78, 5) is 73.0. The molecule has 0 fully saturated rings. The minimum absolute atomic E-state index is 0.0678. The summed E-state index contributed by atoms with van der Waals surface area (Å²) in [6, 6.07) is 0. The number of hydrogen-bond donors (Lipinski definition) is 3. The Morgan fingerprint density at radius 3 is 0.824 bits per heavy atom.